The number of hydrogen-bond donors (Lipinski definition) is 2. The van der Waals surface area contributed by atoms with E-state index in [1.807, 2.05) is 77.1 Å². The van der Waals surface area contributed by atoms with Gasteiger partial charge >= 0.3 is 13.1 Å². The number of nitrogens with zero attached hydrogens (tertiary/aromatic N) is 1. The van der Waals surface area contributed by atoms with Crippen LogP contribution in [0, 0.1) is 5.92 Å². The van der Waals surface area contributed by atoms with Gasteiger partial charge in [-0.25, -0.2) is 0 Å². The zero-order valence-corrected chi connectivity index (χ0v) is 25.6. The Balaban J connectivity index is 0.00000462. The third-order valence-electron chi connectivity index (χ3n) is 7.65. The maximum absolute atomic E-state index is 13.5. The highest BCUT2D eigenvalue weighted by molar-refractivity contribution is 7.59. The van der Waals surface area contributed by atoms with Crippen molar-refractivity contribution >= 4 is 48.6 Å². The van der Waals surface area contributed by atoms with Crippen LogP contribution < -0.4 is 16.9 Å². The third-order valence-corrected chi connectivity index (χ3v) is 7.65. The molecule has 1 aliphatic heterocycles. The molecule has 1 aliphatic rings. The van der Waals surface area contributed by atoms with Gasteiger partial charge < -0.3 is 25.5 Å². The van der Waals surface area contributed by atoms with Crippen molar-refractivity contribution in [3.05, 3.63) is 71.5 Å². The monoisotopic (exact) mass is 579 g/mol. The highest BCUT2D eigenvalue weighted by Gasteiger charge is 2.45. The number of esters is 1. The van der Waals surface area contributed by atoms with Gasteiger partial charge in [0, 0.05) is 30.7 Å². The van der Waals surface area contributed by atoms with Gasteiger partial charge in [0.05, 0.1) is 17.6 Å². The molecule has 0 spiro atoms. The van der Waals surface area contributed by atoms with Crippen molar-refractivity contribution in [3.8, 4) is 0 Å². The molecule has 3 aromatic rings. The molecule has 4 rings (SSSR count). The Morgan fingerprint density at radius 2 is 1.88 bits per heavy atom. The summed E-state index contributed by atoms with van der Waals surface area (Å²) in [5, 5.41) is 2.06. The van der Waals surface area contributed by atoms with E-state index < -0.39 is 30.6 Å². The maximum Gasteiger partial charge on any atom is 0.495 e. The average molecular weight is 580 g/mol. The highest BCUT2D eigenvalue weighted by Crippen LogP contribution is 2.28. The summed E-state index contributed by atoms with van der Waals surface area (Å²) in [5.41, 5.74) is 14.8. The van der Waals surface area contributed by atoms with Crippen LogP contribution in [0.5, 0.6) is 0 Å². The molecule has 0 amide bonds. The van der Waals surface area contributed by atoms with E-state index in [1.54, 1.807) is 12.4 Å². The van der Waals surface area contributed by atoms with Gasteiger partial charge in [0.25, 0.3) is 0 Å². The number of rotatable bonds is 11. The summed E-state index contributed by atoms with van der Waals surface area (Å²) in [6.07, 6.45) is 4.18. The van der Waals surface area contributed by atoms with E-state index in [2.05, 4.69) is 4.98 Å². The molecule has 4 N–H and O–H groups in total. The Labute approximate surface area is 250 Å². The standard InChI is InChI=1S/C31H40BN3O5.H2S/c1-19(2)12-28(34)30(37)38-18-25-9-8-23(15-27(25)32-39-20(3)31(4,5)40-32)26(16-33)29(36)14-21-6-7-24-17-35-11-10-22(24)13-21;/h6-11,13,15,17,19-20,26,28H,12,14,16,18,33-34H2,1-5H3;1H2. The number of benzene rings is 2. The van der Waals surface area contributed by atoms with Crippen LogP contribution in [0.15, 0.2) is 54.9 Å². The Morgan fingerprint density at radius 3 is 2.54 bits per heavy atom. The second-order valence-corrected chi connectivity index (χ2v) is 11.6. The largest absolute Gasteiger partial charge is 0.495 e. The molecule has 0 aliphatic carbocycles. The lowest BCUT2D eigenvalue weighted by atomic mass is 9.74. The second-order valence-electron chi connectivity index (χ2n) is 11.6. The summed E-state index contributed by atoms with van der Waals surface area (Å²) in [6.45, 7) is 10.1. The molecule has 1 saturated heterocycles. The lowest BCUT2D eigenvalue weighted by molar-refractivity contribution is -0.146. The molecule has 220 valence electrons. The lowest BCUT2D eigenvalue weighted by Gasteiger charge is -2.22. The lowest BCUT2D eigenvalue weighted by Crippen LogP contribution is -2.39. The number of pyridine rings is 1. The summed E-state index contributed by atoms with van der Waals surface area (Å²) in [6, 6.07) is 12.8. The predicted octanol–water partition coefficient (Wildman–Crippen LogP) is 3.53. The van der Waals surface area contributed by atoms with Crippen molar-refractivity contribution in [1.82, 2.24) is 4.98 Å². The molecule has 1 fully saturated rings. The van der Waals surface area contributed by atoms with Crippen LogP contribution in [-0.4, -0.2) is 48.1 Å². The number of ketones is 1. The van der Waals surface area contributed by atoms with E-state index in [1.165, 1.54) is 0 Å². The van der Waals surface area contributed by atoms with Crippen molar-refractivity contribution < 1.29 is 23.6 Å². The van der Waals surface area contributed by atoms with Crippen LogP contribution in [0.1, 0.15) is 63.6 Å². The summed E-state index contributed by atoms with van der Waals surface area (Å²) in [4.78, 5) is 30.2. The van der Waals surface area contributed by atoms with Crippen molar-refractivity contribution in [3.63, 3.8) is 0 Å². The fraction of sp³-hybridized carbons (Fsp3) is 0.452. The fourth-order valence-electron chi connectivity index (χ4n) is 4.95. The normalized spacial score (nSPS) is 17.8. The van der Waals surface area contributed by atoms with Crippen LogP contribution in [0.3, 0.4) is 0 Å². The first-order valence-electron chi connectivity index (χ1n) is 13.9. The van der Waals surface area contributed by atoms with Crippen molar-refractivity contribution in [2.24, 2.45) is 17.4 Å². The molecular formula is C31H42BN3O5S. The summed E-state index contributed by atoms with van der Waals surface area (Å²) >= 11 is 0. The highest BCUT2D eigenvalue weighted by atomic mass is 32.1. The van der Waals surface area contributed by atoms with E-state index in [4.69, 9.17) is 25.5 Å². The molecule has 10 heteroatoms. The molecule has 0 bridgehead atoms. The van der Waals surface area contributed by atoms with E-state index >= 15 is 0 Å². The number of carbonyl (C=O) groups excluding carboxylic acids is 2. The molecule has 2 aromatic carbocycles. The number of Topliss-reactive ketones (excluding diaryl/α,β-unsaturated/α-hetero) is 1. The van der Waals surface area contributed by atoms with E-state index in [0.29, 0.717) is 11.9 Å². The number of nitrogens with two attached hydrogens (primary N) is 2. The van der Waals surface area contributed by atoms with Crippen LogP contribution in [0.2, 0.25) is 0 Å². The fourth-order valence-corrected chi connectivity index (χ4v) is 4.95. The van der Waals surface area contributed by atoms with Crippen molar-refractivity contribution in [1.29, 1.82) is 0 Å². The Morgan fingerprint density at radius 1 is 1.12 bits per heavy atom. The van der Waals surface area contributed by atoms with Gasteiger partial charge in [0.2, 0.25) is 0 Å². The minimum absolute atomic E-state index is 0. The Bertz CT molecular complexity index is 1370. The molecule has 1 aromatic heterocycles. The zero-order chi connectivity index (χ0) is 29.0. The molecule has 3 unspecified atom stereocenters. The summed E-state index contributed by atoms with van der Waals surface area (Å²) in [5.74, 6) is -0.678. The van der Waals surface area contributed by atoms with Gasteiger partial charge in [0.15, 0.2) is 0 Å². The van der Waals surface area contributed by atoms with Crippen LogP contribution in [0.25, 0.3) is 10.8 Å². The first-order chi connectivity index (χ1) is 19.0. The summed E-state index contributed by atoms with van der Waals surface area (Å²) in [7, 11) is -0.675. The maximum atomic E-state index is 13.5. The van der Waals surface area contributed by atoms with Gasteiger partial charge in [-0.3, -0.25) is 14.6 Å². The van der Waals surface area contributed by atoms with Gasteiger partial charge in [-0.1, -0.05) is 50.2 Å². The molecule has 0 radical (unpaired) electrons. The van der Waals surface area contributed by atoms with Crippen molar-refractivity contribution in [2.75, 3.05) is 6.54 Å². The number of hydrogen-bond acceptors (Lipinski definition) is 8. The van der Waals surface area contributed by atoms with E-state index in [-0.39, 0.29) is 50.9 Å². The quantitative estimate of drug-likeness (QED) is 0.261. The van der Waals surface area contributed by atoms with Crippen LogP contribution >= 0.6 is 13.5 Å². The smallest absolute Gasteiger partial charge is 0.460 e. The van der Waals surface area contributed by atoms with E-state index in [9.17, 15) is 9.59 Å². The number of carbonyl (C=O) groups is 2. The predicted molar refractivity (Wildman–Crippen MR) is 167 cm³/mol. The van der Waals surface area contributed by atoms with Gasteiger partial charge in [0.1, 0.15) is 18.4 Å². The third kappa shape index (κ3) is 7.96. The Hall–Kier alpha value is -2.76. The molecule has 0 saturated carbocycles. The molecule has 41 heavy (non-hydrogen) atoms. The van der Waals surface area contributed by atoms with Gasteiger partial charge in [-0.2, -0.15) is 13.5 Å². The van der Waals surface area contributed by atoms with Gasteiger partial charge in [-0.05, 0) is 66.7 Å². The number of aromatic nitrogens is 1. The molecule has 8 nitrogen and oxygen atoms in total. The van der Waals surface area contributed by atoms with E-state index in [0.717, 1.165) is 27.5 Å². The second kappa shape index (κ2) is 13.9. The van der Waals surface area contributed by atoms with Crippen molar-refractivity contribution in [2.45, 2.75) is 77.7 Å². The van der Waals surface area contributed by atoms with Crippen LogP contribution in [-0.2, 0) is 36.7 Å². The SMILES string of the molecule is CC(C)CC(N)C(=O)OCc1ccc(C(CN)C(=O)Cc2ccc3cnccc3c2)cc1B1OC(C)C(C)(C)O1.S. The van der Waals surface area contributed by atoms with Crippen LogP contribution in [0.4, 0.5) is 0 Å². The number of fused-ring (bicyclic) bond motifs is 1. The number of ether oxygens (including phenoxy) is 1. The molecule has 2 heterocycles. The minimum atomic E-state index is -0.689. The molecule has 3 atom stereocenters. The Kier molecular flexibility index (Phi) is 11.1. The first-order valence-corrected chi connectivity index (χ1v) is 13.9. The zero-order valence-electron chi connectivity index (χ0n) is 24.6. The first kappa shape index (κ1) is 32.8. The summed E-state index contributed by atoms with van der Waals surface area (Å²) < 4.78 is 18.0. The average Bonchev–Trinajstić information content (AvgIpc) is 3.19. The minimum Gasteiger partial charge on any atom is -0.460 e. The topological polar surface area (TPSA) is 127 Å². The molecular weight excluding hydrogens is 537 g/mol. The van der Waals surface area contributed by atoms with Gasteiger partial charge in [-0.15, -0.1) is 0 Å².